The molecule has 0 aliphatic carbocycles. The summed E-state index contributed by atoms with van der Waals surface area (Å²) in [5.74, 6) is -0.641. The Kier molecular flexibility index (Phi) is 5.95. The van der Waals surface area contributed by atoms with E-state index in [1.165, 1.54) is 0 Å². The van der Waals surface area contributed by atoms with Crippen LogP contribution < -0.4 is 0 Å². The van der Waals surface area contributed by atoms with Crippen molar-refractivity contribution < 1.29 is 14.6 Å². The van der Waals surface area contributed by atoms with Crippen LogP contribution in [0.15, 0.2) is 42.5 Å². The molecule has 3 atom stereocenters. The number of benzene rings is 1. The molecular weight excluding hydrogens is 345 g/mol. The third-order valence-electron chi connectivity index (χ3n) is 3.80. The molecule has 22 heavy (non-hydrogen) atoms. The number of hydrogen-bond donors (Lipinski definition) is 1. The summed E-state index contributed by atoms with van der Waals surface area (Å²) in [6.07, 6.45) is 3.32. The molecular formula is C17H21NO3Se. The first-order chi connectivity index (χ1) is 10.5. The van der Waals surface area contributed by atoms with Crippen molar-refractivity contribution in [3.05, 3.63) is 48.0 Å². The third-order valence-corrected chi connectivity index (χ3v) is 4.46. The first-order valence-corrected chi connectivity index (χ1v) is 8.25. The third kappa shape index (κ3) is 3.86. The fraction of sp³-hybridized carbons (Fsp3) is 0.412. The van der Waals surface area contributed by atoms with Crippen molar-refractivity contribution in [1.82, 2.24) is 4.90 Å². The molecule has 1 aromatic rings. The van der Waals surface area contributed by atoms with Gasteiger partial charge in [-0.25, -0.2) is 0 Å². The molecule has 4 nitrogen and oxygen atoms in total. The Balaban J connectivity index is 2.12. The van der Waals surface area contributed by atoms with Crippen LogP contribution in [0.2, 0.25) is 0 Å². The molecule has 1 heterocycles. The number of rotatable bonds is 5. The van der Waals surface area contributed by atoms with E-state index in [9.17, 15) is 9.90 Å². The van der Waals surface area contributed by atoms with Gasteiger partial charge >= 0.3 is 139 Å². The van der Waals surface area contributed by atoms with Crippen LogP contribution in [0.4, 0.5) is 0 Å². The van der Waals surface area contributed by atoms with Crippen molar-refractivity contribution in [3.63, 3.8) is 0 Å². The van der Waals surface area contributed by atoms with Gasteiger partial charge in [0.25, 0.3) is 0 Å². The summed E-state index contributed by atoms with van der Waals surface area (Å²) in [7, 11) is 0. The summed E-state index contributed by atoms with van der Waals surface area (Å²) in [6.45, 7) is 4.02. The molecule has 0 aromatic heterocycles. The Hall–Kier alpha value is -1.42. The van der Waals surface area contributed by atoms with Gasteiger partial charge in [-0.05, 0) is 0 Å². The zero-order valence-electron chi connectivity index (χ0n) is 12.8. The number of amides is 1. The summed E-state index contributed by atoms with van der Waals surface area (Å²) in [4.78, 5) is 14.3. The van der Waals surface area contributed by atoms with E-state index in [2.05, 4.69) is 15.6 Å². The minimum absolute atomic E-state index is 0.0496. The number of aliphatic hydroxyl groups excluding tert-OH is 1. The van der Waals surface area contributed by atoms with Gasteiger partial charge in [-0.3, -0.25) is 0 Å². The topological polar surface area (TPSA) is 49.8 Å². The van der Waals surface area contributed by atoms with E-state index in [0.29, 0.717) is 11.3 Å². The summed E-state index contributed by atoms with van der Waals surface area (Å²) in [5, 5.41) is 10.0. The number of allylic oxidation sites excluding steroid dienone is 1. The Labute approximate surface area is 139 Å². The fourth-order valence-corrected chi connectivity index (χ4v) is 3.14. The number of aliphatic hydroxyl groups is 1. The molecule has 1 amide bonds. The molecule has 1 N–H and O–H groups in total. The molecule has 1 aromatic carbocycles. The average molecular weight is 366 g/mol. The van der Waals surface area contributed by atoms with Gasteiger partial charge < -0.3 is 0 Å². The fourth-order valence-electron chi connectivity index (χ4n) is 2.50. The molecule has 1 aliphatic rings. The second-order valence-corrected chi connectivity index (χ2v) is 6.17. The second kappa shape index (κ2) is 7.72. The van der Waals surface area contributed by atoms with Crippen LogP contribution >= 0.6 is 0 Å². The quantitative estimate of drug-likeness (QED) is 0.631. The van der Waals surface area contributed by atoms with E-state index in [0.717, 1.165) is 12.0 Å². The zero-order chi connectivity index (χ0) is 16.1. The predicted molar refractivity (Wildman–Crippen MR) is 87.5 cm³/mol. The van der Waals surface area contributed by atoms with Gasteiger partial charge in [-0.1, -0.05) is 0 Å². The van der Waals surface area contributed by atoms with Crippen LogP contribution in [0.1, 0.15) is 19.4 Å². The van der Waals surface area contributed by atoms with Crippen LogP contribution in [0.5, 0.6) is 0 Å². The molecule has 1 aliphatic heterocycles. The summed E-state index contributed by atoms with van der Waals surface area (Å²) in [6, 6.07) is 9.97. The van der Waals surface area contributed by atoms with Gasteiger partial charge in [-0.2, -0.15) is 0 Å². The number of hydrogen-bond acceptors (Lipinski definition) is 3. The number of ether oxygens (including phenoxy) is 1. The monoisotopic (exact) mass is 367 g/mol. The van der Waals surface area contributed by atoms with E-state index >= 15 is 0 Å². The molecule has 0 bridgehead atoms. The van der Waals surface area contributed by atoms with Gasteiger partial charge in [0.05, 0.1) is 0 Å². The van der Waals surface area contributed by atoms with Crippen molar-refractivity contribution >= 4 is 26.2 Å². The van der Waals surface area contributed by atoms with Gasteiger partial charge in [0.1, 0.15) is 0 Å². The number of carbonyl (C=O) groups excluding carboxylic acids is 1. The normalized spacial score (nSPS) is 21.0. The van der Waals surface area contributed by atoms with E-state index in [1.807, 2.05) is 37.3 Å². The standard InChI is InChI=1S/C17H21NO3Se/c1-3-7-15(19)12(2)16(20)18-14(11-21-17(18)22)10-13-8-5-4-6-9-13/h3-9,12,14-15,19H,10-11H2,1-2H3/b7-3+/t12-,14+,15+/m1/s1. The molecule has 118 valence electrons. The van der Waals surface area contributed by atoms with E-state index < -0.39 is 12.0 Å². The Bertz CT molecular complexity index is 558. The SMILES string of the molecule is C/C=C/[C@H](O)[C@@H](C)C(=O)N1C(=[Se])OC[C@@H]1Cc1ccccc1. The predicted octanol–water partition coefficient (Wildman–Crippen LogP) is 1.29. The minimum atomic E-state index is -0.789. The van der Waals surface area contributed by atoms with Crippen molar-refractivity contribution in [2.75, 3.05) is 6.61 Å². The molecule has 0 spiro atoms. The molecule has 2 rings (SSSR count). The van der Waals surface area contributed by atoms with E-state index in [1.54, 1.807) is 24.0 Å². The van der Waals surface area contributed by atoms with Crippen LogP contribution in [-0.2, 0) is 16.0 Å². The Morgan fingerprint density at radius 2 is 2.18 bits per heavy atom. The Morgan fingerprint density at radius 3 is 2.82 bits per heavy atom. The van der Waals surface area contributed by atoms with Crippen molar-refractivity contribution in [2.45, 2.75) is 32.4 Å². The first-order valence-electron chi connectivity index (χ1n) is 7.39. The van der Waals surface area contributed by atoms with Crippen molar-refractivity contribution in [2.24, 2.45) is 5.92 Å². The van der Waals surface area contributed by atoms with Gasteiger partial charge in [0.2, 0.25) is 0 Å². The van der Waals surface area contributed by atoms with E-state index in [-0.39, 0.29) is 11.9 Å². The number of carbonyl (C=O) groups is 1. The van der Waals surface area contributed by atoms with Gasteiger partial charge in [0, 0.05) is 0 Å². The van der Waals surface area contributed by atoms with Crippen LogP contribution in [-0.4, -0.2) is 55.0 Å². The molecule has 1 fully saturated rings. The number of nitrogens with zero attached hydrogens (tertiary/aromatic N) is 1. The summed E-state index contributed by atoms with van der Waals surface area (Å²) < 4.78 is 6.02. The average Bonchev–Trinajstić information content (AvgIpc) is 2.87. The van der Waals surface area contributed by atoms with Gasteiger partial charge in [0.15, 0.2) is 0 Å². The zero-order valence-corrected chi connectivity index (χ0v) is 14.5. The summed E-state index contributed by atoms with van der Waals surface area (Å²) in [5.41, 5.74) is 1.16. The second-order valence-electron chi connectivity index (χ2n) is 5.43. The van der Waals surface area contributed by atoms with Gasteiger partial charge in [-0.15, -0.1) is 0 Å². The molecule has 1 saturated heterocycles. The first kappa shape index (κ1) is 16.9. The van der Waals surface area contributed by atoms with Crippen LogP contribution in [0, 0.1) is 5.92 Å². The maximum atomic E-state index is 12.7. The van der Waals surface area contributed by atoms with Crippen LogP contribution in [0.25, 0.3) is 0 Å². The molecule has 0 unspecified atom stereocenters. The van der Waals surface area contributed by atoms with Crippen molar-refractivity contribution in [1.29, 1.82) is 0 Å². The van der Waals surface area contributed by atoms with Crippen molar-refractivity contribution in [3.8, 4) is 0 Å². The van der Waals surface area contributed by atoms with E-state index in [4.69, 9.17) is 4.74 Å². The maximum absolute atomic E-state index is 12.7. The molecule has 5 heteroatoms. The van der Waals surface area contributed by atoms with Crippen LogP contribution in [0.3, 0.4) is 0 Å². The summed E-state index contributed by atoms with van der Waals surface area (Å²) >= 11 is 2.81. The molecule has 0 radical (unpaired) electrons. The molecule has 0 saturated carbocycles. The Morgan fingerprint density at radius 1 is 1.50 bits per heavy atom.